The van der Waals surface area contributed by atoms with Gasteiger partial charge >= 0.3 is 5.97 Å². The lowest BCUT2D eigenvalue weighted by Crippen LogP contribution is -2.52. The summed E-state index contributed by atoms with van der Waals surface area (Å²) < 4.78 is 0. The van der Waals surface area contributed by atoms with Gasteiger partial charge in [-0.2, -0.15) is 0 Å². The lowest BCUT2D eigenvalue weighted by atomic mass is 9.84. The molecule has 1 amide bonds. The number of carboxylic acid groups (broad SMARTS) is 1. The van der Waals surface area contributed by atoms with Crippen molar-refractivity contribution in [2.75, 3.05) is 0 Å². The highest BCUT2D eigenvalue weighted by molar-refractivity contribution is 5.84. The van der Waals surface area contributed by atoms with Gasteiger partial charge in [0.25, 0.3) is 0 Å². The number of hydrogen-bond donors (Lipinski definition) is 2. The second-order valence-corrected chi connectivity index (χ2v) is 5.76. The molecule has 4 heteroatoms. The Balaban J connectivity index is 2.84. The molecule has 4 nitrogen and oxygen atoms in total. The van der Waals surface area contributed by atoms with Gasteiger partial charge in [0.1, 0.15) is 0 Å². The predicted octanol–water partition coefficient (Wildman–Crippen LogP) is 2.80. The summed E-state index contributed by atoms with van der Waals surface area (Å²) in [6, 6.07) is 9.47. The van der Waals surface area contributed by atoms with E-state index in [9.17, 15) is 9.59 Å². The zero-order valence-electron chi connectivity index (χ0n) is 12.5. The smallest absolute Gasteiger partial charge is 0.305 e. The Morgan fingerprint density at radius 2 is 1.75 bits per heavy atom. The molecule has 0 bridgehead atoms. The van der Waals surface area contributed by atoms with E-state index in [0.717, 1.165) is 5.56 Å². The summed E-state index contributed by atoms with van der Waals surface area (Å²) in [4.78, 5) is 23.3. The maximum Gasteiger partial charge on any atom is 0.305 e. The average Bonchev–Trinajstić information content (AvgIpc) is 2.37. The number of benzene rings is 1. The first-order valence-electron chi connectivity index (χ1n) is 6.85. The summed E-state index contributed by atoms with van der Waals surface area (Å²) in [5.41, 5.74) is 0.179. The molecule has 0 fully saturated rings. The number of nitrogens with one attached hydrogen (secondary N) is 1. The third-order valence-electron chi connectivity index (χ3n) is 3.89. The number of carbonyl (C=O) groups is 2. The van der Waals surface area contributed by atoms with Gasteiger partial charge in [-0.15, -0.1) is 0 Å². The number of carboxylic acids is 1. The fourth-order valence-electron chi connectivity index (χ4n) is 1.99. The van der Waals surface area contributed by atoms with E-state index in [2.05, 4.69) is 5.32 Å². The fourth-order valence-corrected chi connectivity index (χ4v) is 1.99. The van der Waals surface area contributed by atoms with Crippen LogP contribution in [-0.2, 0) is 9.59 Å². The van der Waals surface area contributed by atoms with Crippen molar-refractivity contribution >= 4 is 11.9 Å². The van der Waals surface area contributed by atoms with Crippen molar-refractivity contribution in [3.05, 3.63) is 35.9 Å². The van der Waals surface area contributed by atoms with Crippen LogP contribution >= 0.6 is 0 Å². The van der Waals surface area contributed by atoms with Gasteiger partial charge in [0.15, 0.2) is 0 Å². The molecule has 2 atom stereocenters. The zero-order valence-corrected chi connectivity index (χ0v) is 12.5. The summed E-state index contributed by atoms with van der Waals surface area (Å²) in [6.07, 6.45) is -0.0854. The van der Waals surface area contributed by atoms with Crippen molar-refractivity contribution in [3.8, 4) is 0 Å². The van der Waals surface area contributed by atoms with Crippen LogP contribution in [0, 0.1) is 5.92 Å². The molecule has 0 aliphatic heterocycles. The van der Waals surface area contributed by atoms with Gasteiger partial charge in [0, 0.05) is 5.54 Å². The summed E-state index contributed by atoms with van der Waals surface area (Å²) >= 11 is 0. The highest BCUT2D eigenvalue weighted by Gasteiger charge is 2.34. The average molecular weight is 277 g/mol. The second-order valence-electron chi connectivity index (χ2n) is 5.76. The first kappa shape index (κ1) is 16.2. The Labute approximate surface area is 120 Å². The van der Waals surface area contributed by atoms with Crippen molar-refractivity contribution in [2.45, 2.75) is 45.6 Å². The molecule has 1 rings (SSSR count). The van der Waals surface area contributed by atoms with Crippen LogP contribution < -0.4 is 5.32 Å². The van der Waals surface area contributed by atoms with E-state index < -0.39 is 11.5 Å². The molecule has 2 N–H and O–H groups in total. The van der Waals surface area contributed by atoms with Crippen LogP contribution in [0.5, 0.6) is 0 Å². The van der Waals surface area contributed by atoms with E-state index >= 15 is 0 Å². The highest BCUT2D eigenvalue weighted by atomic mass is 16.4. The maximum absolute atomic E-state index is 12.3. The molecule has 0 aromatic heterocycles. The molecule has 0 saturated carbocycles. The summed E-state index contributed by atoms with van der Waals surface area (Å²) in [5.74, 6) is -1.32. The number of rotatable bonds is 6. The van der Waals surface area contributed by atoms with Gasteiger partial charge in [-0.1, -0.05) is 44.2 Å². The molecule has 0 aliphatic rings. The molecule has 0 spiro atoms. The Bertz CT molecular complexity index is 470. The van der Waals surface area contributed by atoms with E-state index in [4.69, 9.17) is 5.11 Å². The minimum absolute atomic E-state index is 0.0329. The van der Waals surface area contributed by atoms with Crippen LogP contribution in [0.15, 0.2) is 30.3 Å². The maximum atomic E-state index is 12.3. The quantitative estimate of drug-likeness (QED) is 0.840. The van der Waals surface area contributed by atoms with Gasteiger partial charge < -0.3 is 10.4 Å². The number of carbonyl (C=O) groups excluding carboxylic acids is 1. The molecule has 2 unspecified atom stereocenters. The molecule has 1 aromatic carbocycles. The van der Waals surface area contributed by atoms with Crippen LogP contribution in [0.2, 0.25) is 0 Å². The molecule has 0 heterocycles. The van der Waals surface area contributed by atoms with Crippen molar-refractivity contribution in [3.63, 3.8) is 0 Å². The van der Waals surface area contributed by atoms with Gasteiger partial charge in [-0.25, -0.2) is 0 Å². The van der Waals surface area contributed by atoms with Crippen LogP contribution in [0.1, 0.15) is 45.6 Å². The normalized spacial score (nSPS) is 15.4. The Morgan fingerprint density at radius 1 is 1.20 bits per heavy atom. The highest BCUT2D eigenvalue weighted by Crippen LogP contribution is 2.23. The molecule has 110 valence electrons. The van der Waals surface area contributed by atoms with Crippen LogP contribution in [0.25, 0.3) is 0 Å². The SMILES string of the molecule is CC(C(=O)NC(C)(CC(=O)O)C(C)C)c1ccccc1. The van der Waals surface area contributed by atoms with Gasteiger partial charge in [-0.3, -0.25) is 9.59 Å². The van der Waals surface area contributed by atoms with E-state index in [1.54, 1.807) is 6.92 Å². The third kappa shape index (κ3) is 4.08. The van der Waals surface area contributed by atoms with E-state index in [1.807, 2.05) is 51.1 Å². The monoisotopic (exact) mass is 277 g/mol. The molecule has 20 heavy (non-hydrogen) atoms. The van der Waals surface area contributed by atoms with Crippen molar-refractivity contribution < 1.29 is 14.7 Å². The Hall–Kier alpha value is -1.84. The molecule has 1 aromatic rings. The number of aliphatic carboxylic acids is 1. The lowest BCUT2D eigenvalue weighted by Gasteiger charge is -2.34. The first-order chi connectivity index (χ1) is 9.26. The van der Waals surface area contributed by atoms with Crippen LogP contribution in [0.3, 0.4) is 0 Å². The minimum Gasteiger partial charge on any atom is -0.481 e. The van der Waals surface area contributed by atoms with Crippen molar-refractivity contribution in [1.29, 1.82) is 0 Å². The molecule has 0 radical (unpaired) electrons. The van der Waals surface area contributed by atoms with Gasteiger partial charge in [0.2, 0.25) is 5.91 Å². The summed E-state index contributed by atoms with van der Waals surface area (Å²) in [6.45, 7) is 7.43. The van der Waals surface area contributed by atoms with Gasteiger partial charge in [0.05, 0.1) is 12.3 Å². The van der Waals surface area contributed by atoms with Crippen LogP contribution in [-0.4, -0.2) is 22.5 Å². The standard InChI is InChI=1S/C16H23NO3/c1-11(2)16(4,10-14(18)19)17-15(20)12(3)13-8-6-5-7-9-13/h5-9,11-12H,10H2,1-4H3,(H,17,20)(H,18,19). The third-order valence-corrected chi connectivity index (χ3v) is 3.89. The van der Waals surface area contributed by atoms with Crippen LogP contribution in [0.4, 0.5) is 0 Å². The Kier molecular flexibility index (Phi) is 5.31. The largest absolute Gasteiger partial charge is 0.481 e. The molecular weight excluding hydrogens is 254 g/mol. The molecule has 0 aliphatic carbocycles. The second kappa shape index (κ2) is 6.55. The number of hydrogen-bond acceptors (Lipinski definition) is 2. The van der Waals surface area contributed by atoms with E-state index in [1.165, 1.54) is 0 Å². The van der Waals surface area contributed by atoms with Crippen molar-refractivity contribution in [1.82, 2.24) is 5.32 Å². The minimum atomic E-state index is -0.908. The fraction of sp³-hybridized carbons (Fsp3) is 0.500. The lowest BCUT2D eigenvalue weighted by molar-refractivity contribution is -0.139. The summed E-state index contributed by atoms with van der Waals surface area (Å²) in [5, 5.41) is 11.9. The molecular formula is C16H23NO3. The van der Waals surface area contributed by atoms with E-state index in [0.29, 0.717) is 0 Å². The van der Waals surface area contributed by atoms with Crippen molar-refractivity contribution in [2.24, 2.45) is 5.92 Å². The first-order valence-corrected chi connectivity index (χ1v) is 6.85. The van der Waals surface area contributed by atoms with Gasteiger partial charge in [-0.05, 0) is 25.3 Å². The summed E-state index contributed by atoms with van der Waals surface area (Å²) in [7, 11) is 0. The zero-order chi connectivity index (χ0) is 15.3. The number of amides is 1. The van der Waals surface area contributed by atoms with E-state index in [-0.39, 0.29) is 24.2 Å². The molecule has 0 saturated heterocycles. The topological polar surface area (TPSA) is 66.4 Å². The predicted molar refractivity (Wildman–Crippen MR) is 78.5 cm³/mol. The Morgan fingerprint density at radius 3 is 2.20 bits per heavy atom.